The smallest absolute Gasteiger partial charge is 0.175 e. The second kappa shape index (κ2) is 7.50. The normalized spacial score (nSPS) is 25.1. The SMILES string of the molecule is CS(=O)(=O)c1ccc(O[C@@H]2c3cc(Cl)cc(Cl)c3C[C@@H]2N2CC[C@H](N)C2)cc1. The highest BCUT2D eigenvalue weighted by atomic mass is 35.5. The van der Waals surface area contributed by atoms with Crippen LogP contribution in [-0.4, -0.2) is 44.7 Å². The summed E-state index contributed by atoms with van der Waals surface area (Å²) < 4.78 is 29.7. The van der Waals surface area contributed by atoms with E-state index in [0.717, 1.165) is 37.1 Å². The molecule has 28 heavy (non-hydrogen) atoms. The van der Waals surface area contributed by atoms with Gasteiger partial charge in [-0.25, -0.2) is 8.42 Å². The number of fused-ring (bicyclic) bond motifs is 1. The van der Waals surface area contributed by atoms with Crippen LogP contribution in [0.5, 0.6) is 5.75 Å². The maximum Gasteiger partial charge on any atom is 0.175 e. The average Bonchev–Trinajstić information content (AvgIpc) is 3.19. The van der Waals surface area contributed by atoms with Crippen molar-refractivity contribution in [1.82, 2.24) is 4.90 Å². The molecule has 0 unspecified atom stereocenters. The predicted molar refractivity (Wildman–Crippen MR) is 111 cm³/mol. The Balaban J connectivity index is 1.67. The highest BCUT2D eigenvalue weighted by Gasteiger charge is 2.41. The topological polar surface area (TPSA) is 72.6 Å². The molecule has 0 bridgehead atoms. The first-order valence-electron chi connectivity index (χ1n) is 9.16. The van der Waals surface area contributed by atoms with Gasteiger partial charge in [-0.05, 0) is 54.8 Å². The largest absolute Gasteiger partial charge is 0.484 e. The Hall–Kier alpha value is -1.31. The highest BCUT2D eigenvalue weighted by Crippen LogP contribution is 2.43. The van der Waals surface area contributed by atoms with Crippen LogP contribution in [0.1, 0.15) is 23.7 Å². The molecule has 4 rings (SSSR count). The number of likely N-dealkylation sites (tertiary alicyclic amines) is 1. The van der Waals surface area contributed by atoms with Gasteiger partial charge in [0.1, 0.15) is 11.9 Å². The Kier molecular flexibility index (Phi) is 5.35. The fourth-order valence-corrected chi connectivity index (χ4v) is 5.32. The molecule has 150 valence electrons. The number of halogens is 2. The van der Waals surface area contributed by atoms with Gasteiger partial charge in [-0.3, -0.25) is 4.90 Å². The van der Waals surface area contributed by atoms with Crippen LogP contribution < -0.4 is 10.5 Å². The fraction of sp³-hybridized carbons (Fsp3) is 0.400. The van der Waals surface area contributed by atoms with E-state index in [4.69, 9.17) is 33.7 Å². The number of ether oxygens (including phenoxy) is 1. The quantitative estimate of drug-likeness (QED) is 0.787. The predicted octanol–water partition coefficient (Wildman–Crippen LogP) is 3.47. The molecule has 1 aliphatic carbocycles. The number of benzene rings is 2. The summed E-state index contributed by atoms with van der Waals surface area (Å²) in [5, 5.41) is 1.22. The van der Waals surface area contributed by atoms with E-state index >= 15 is 0 Å². The molecule has 0 radical (unpaired) electrons. The summed E-state index contributed by atoms with van der Waals surface area (Å²) in [4.78, 5) is 2.62. The molecule has 3 atom stereocenters. The third-order valence-electron chi connectivity index (χ3n) is 5.50. The molecule has 2 aromatic carbocycles. The Labute approximate surface area is 175 Å². The van der Waals surface area contributed by atoms with E-state index in [1.807, 2.05) is 6.07 Å². The zero-order chi connectivity index (χ0) is 20.1. The number of sulfone groups is 1. The summed E-state index contributed by atoms with van der Waals surface area (Å²) in [6, 6.07) is 10.4. The van der Waals surface area contributed by atoms with Crippen molar-refractivity contribution in [2.45, 2.75) is 35.9 Å². The van der Waals surface area contributed by atoms with Crippen molar-refractivity contribution in [1.29, 1.82) is 0 Å². The van der Waals surface area contributed by atoms with Crippen molar-refractivity contribution in [3.05, 3.63) is 57.6 Å². The molecule has 2 aliphatic rings. The Morgan fingerprint density at radius 3 is 2.50 bits per heavy atom. The van der Waals surface area contributed by atoms with Crippen LogP contribution in [0.2, 0.25) is 10.0 Å². The number of hydrogen-bond acceptors (Lipinski definition) is 5. The van der Waals surface area contributed by atoms with Gasteiger partial charge in [-0.1, -0.05) is 23.2 Å². The van der Waals surface area contributed by atoms with E-state index in [1.54, 1.807) is 30.3 Å². The van der Waals surface area contributed by atoms with Crippen molar-refractivity contribution in [2.75, 3.05) is 19.3 Å². The van der Waals surface area contributed by atoms with Gasteiger partial charge >= 0.3 is 0 Å². The third-order valence-corrected chi connectivity index (χ3v) is 7.19. The van der Waals surface area contributed by atoms with E-state index in [9.17, 15) is 8.42 Å². The molecule has 1 fully saturated rings. The molecule has 0 amide bonds. The number of nitrogens with zero attached hydrogens (tertiary/aromatic N) is 1. The van der Waals surface area contributed by atoms with E-state index in [-0.39, 0.29) is 23.1 Å². The Morgan fingerprint density at radius 2 is 1.89 bits per heavy atom. The van der Waals surface area contributed by atoms with Gasteiger partial charge in [0.05, 0.1) is 10.9 Å². The number of rotatable bonds is 4. The van der Waals surface area contributed by atoms with Crippen LogP contribution in [0.25, 0.3) is 0 Å². The average molecular weight is 441 g/mol. The van der Waals surface area contributed by atoms with Gasteiger partial charge in [-0.15, -0.1) is 0 Å². The molecule has 0 aromatic heterocycles. The van der Waals surface area contributed by atoms with Crippen molar-refractivity contribution in [3.8, 4) is 5.75 Å². The molecule has 1 saturated heterocycles. The van der Waals surface area contributed by atoms with Gasteiger partial charge in [0.25, 0.3) is 0 Å². The van der Waals surface area contributed by atoms with Gasteiger partial charge in [0, 0.05) is 41.0 Å². The minimum atomic E-state index is -3.25. The second-order valence-electron chi connectivity index (χ2n) is 7.55. The van der Waals surface area contributed by atoms with Crippen LogP contribution in [0.4, 0.5) is 0 Å². The third kappa shape index (κ3) is 3.89. The van der Waals surface area contributed by atoms with Crippen LogP contribution in [-0.2, 0) is 16.3 Å². The van der Waals surface area contributed by atoms with Crippen molar-refractivity contribution in [2.24, 2.45) is 5.73 Å². The van der Waals surface area contributed by atoms with E-state index in [0.29, 0.717) is 15.8 Å². The molecule has 1 aliphatic heterocycles. The standard InChI is InChI=1S/C20H22Cl2N2O3S/c1-28(25,26)15-4-2-14(3-5-15)27-20-17-8-12(21)9-18(22)16(17)10-19(20)24-7-6-13(23)11-24/h2-5,8-9,13,19-20H,6-7,10-11,23H2,1H3/t13-,19-,20+/m0/s1. The lowest BCUT2D eigenvalue weighted by Gasteiger charge is -2.30. The van der Waals surface area contributed by atoms with Crippen LogP contribution in [0.3, 0.4) is 0 Å². The van der Waals surface area contributed by atoms with E-state index in [2.05, 4.69) is 4.90 Å². The summed E-state index contributed by atoms with van der Waals surface area (Å²) in [6.45, 7) is 1.73. The minimum Gasteiger partial charge on any atom is -0.484 e. The zero-order valence-corrected chi connectivity index (χ0v) is 17.8. The molecule has 2 N–H and O–H groups in total. The van der Waals surface area contributed by atoms with Crippen molar-refractivity contribution >= 4 is 33.0 Å². The molecule has 1 heterocycles. The van der Waals surface area contributed by atoms with Crippen molar-refractivity contribution in [3.63, 3.8) is 0 Å². The van der Waals surface area contributed by atoms with Crippen molar-refractivity contribution < 1.29 is 13.2 Å². The molecular weight excluding hydrogens is 419 g/mol. The highest BCUT2D eigenvalue weighted by molar-refractivity contribution is 7.90. The maximum atomic E-state index is 11.7. The first-order chi connectivity index (χ1) is 13.2. The summed E-state index contributed by atoms with van der Waals surface area (Å²) in [7, 11) is -3.25. The zero-order valence-electron chi connectivity index (χ0n) is 15.4. The van der Waals surface area contributed by atoms with Crippen LogP contribution >= 0.6 is 23.2 Å². The molecule has 0 saturated carbocycles. The van der Waals surface area contributed by atoms with Gasteiger partial charge in [-0.2, -0.15) is 0 Å². The van der Waals surface area contributed by atoms with Gasteiger partial charge < -0.3 is 10.5 Å². The van der Waals surface area contributed by atoms with E-state index in [1.165, 1.54) is 6.26 Å². The molecule has 5 nitrogen and oxygen atoms in total. The summed E-state index contributed by atoms with van der Waals surface area (Å²) in [5.41, 5.74) is 8.15. The van der Waals surface area contributed by atoms with E-state index < -0.39 is 9.84 Å². The molecule has 2 aromatic rings. The Bertz CT molecular complexity index is 995. The Morgan fingerprint density at radius 1 is 1.18 bits per heavy atom. The molecular formula is C20H22Cl2N2O3S. The summed E-state index contributed by atoms with van der Waals surface area (Å²) in [6.07, 6.45) is 2.66. The lowest BCUT2D eigenvalue weighted by molar-refractivity contribution is 0.0932. The first kappa shape index (κ1) is 20.0. The minimum absolute atomic E-state index is 0.106. The van der Waals surface area contributed by atoms with Crippen LogP contribution in [0.15, 0.2) is 41.3 Å². The fourth-order valence-electron chi connectivity index (χ4n) is 4.11. The summed E-state index contributed by atoms with van der Waals surface area (Å²) >= 11 is 12.7. The number of hydrogen-bond donors (Lipinski definition) is 1. The maximum absolute atomic E-state index is 11.7. The monoisotopic (exact) mass is 440 g/mol. The number of nitrogens with two attached hydrogens (primary N) is 1. The lowest BCUT2D eigenvalue weighted by Crippen LogP contribution is -2.40. The van der Waals surface area contributed by atoms with Gasteiger partial charge in [0.2, 0.25) is 0 Å². The lowest BCUT2D eigenvalue weighted by atomic mass is 10.1. The molecule has 8 heteroatoms. The van der Waals surface area contributed by atoms with Crippen LogP contribution in [0, 0.1) is 0 Å². The molecule has 0 spiro atoms. The van der Waals surface area contributed by atoms with Gasteiger partial charge in [0.15, 0.2) is 9.84 Å². The summed E-state index contributed by atoms with van der Waals surface area (Å²) in [5.74, 6) is 0.606. The second-order valence-corrected chi connectivity index (χ2v) is 10.4. The first-order valence-corrected chi connectivity index (χ1v) is 11.8.